The molecule has 2 aliphatic rings. The molecule has 1 N–H and O–H groups in total. The first-order chi connectivity index (χ1) is 16.4. The van der Waals surface area contributed by atoms with E-state index >= 15 is 4.39 Å². The van der Waals surface area contributed by atoms with Gasteiger partial charge in [-0.2, -0.15) is 0 Å². The summed E-state index contributed by atoms with van der Waals surface area (Å²) in [6.45, 7) is 7.30. The number of amides is 1. The molecule has 35 heavy (non-hydrogen) atoms. The van der Waals surface area contributed by atoms with Gasteiger partial charge in [0, 0.05) is 18.2 Å². The first kappa shape index (κ1) is 25.7. The second-order valence-corrected chi connectivity index (χ2v) is 11.9. The van der Waals surface area contributed by atoms with E-state index in [4.69, 9.17) is 4.74 Å². The van der Waals surface area contributed by atoms with Crippen LogP contribution >= 0.6 is 0 Å². The number of likely N-dealkylation sites (tertiary alicyclic amines) is 1. The van der Waals surface area contributed by atoms with Crippen molar-refractivity contribution in [2.45, 2.75) is 76.1 Å². The van der Waals surface area contributed by atoms with Crippen LogP contribution in [-0.2, 0) is 22.1 Å². The fourth-order valence-electron chi connectivity index (χ4n) is 4.40. The van der Waals surface area contributed by atoms with E-state index in [9.17, 15) is 17.8 Å². The molecule has 1 saturated heterocycles. The van der Waals surface area contributed by atoms with Gasteiger partial charge < -0.3 is 9.64 Å². The highest BCUT2D eigenvalue weighted by molar-refractivity contribution is 7.84. The number of aryl methyl sites for hydroxylation is 1. The summed E-state index contributed by atoms with van der Waals surface area (Å²) < 4.78 is 65.0. The number of benzene rings is 2. The number of ether oxygens (including phenoxy) is 1. The van der Waals surface area contributed by atoms with Crippen LogP contribution < -0.4 is 4.72 Å². The molecule has 0 bridgehead atoms. The minimum atomic E-state index is -1.92. The zero-order chi connectivity index (χ0) is 25.5. The van der Waals surface area contributed by atoms with Gasteiger partial charge in [0.05, 0.1) is 6.04 Å². The fraction of sp³-hybridized carbons (Fsp3) is 0.500. The molecule has 1 amide bonds. The lowest BCUT2D eigenvalue weighted by atomic mass is 9.95. The minimum absolute atomic E-state index is 0.0986. The van der Waals surface area contributed by atoms with E-state index in [2.05, 4.69) is 4.72 Å². The van der Waals surface area contributed by atoms with Crippen LogP contribution in [0.3, 0.4) is 0 Å². The maximum Gasteiger partial charge on any atom is 0.410 e. The summed E-state index contributed by atoms with van der Waals surface area (Å²) >= 11 is 0. The van der Waals surface area contributed by atoms with Crippen molar-refractivity contribution < 1.29 is 26.9 Å². The summed E-state index contributed by atoms with van der Waals surface area (Å²) in [7, 11) is -1.92. The van der Waals surface area contributed by atoms with Crippen LogP contribution in [0, 0.1) is 18.6 Å². The Morgan fingerprint density at radius 1 is 1.23 bits per heavy atom. The minimum Gasteiger partial charge on any atom is -0.444 e. The number of rotatable bonds is 6. The summed E-state index contributed by atoms with van der Waals surface area (Å²) in [5.74, 6) is -0.971. The van der Waals surface area contributed by atoms with Crippen LogP contribution in [0.25, 0.3) is 11.1 Å². The Kier molecular flexibility index (Phi) is 7.03. The van der Waals surface area contributed by atoms with Crippen molar-refractivity contribution in [3.8, 4) is 11.1 Å². The first-order valence-corrected chi connectivity index (χ1v) is 12.9. The van der Waals surface area contributed by atoms with Crippen molar-refractivity contribution in [3.05, 3.63) is 59.2 Å². The zero-order valence-electron chi connectivity index (χ0n) is 20.4. The molecule has 0 radical (unpaired) electrons. The molecule has 3 atom stereocenters. The van der Waals surface area contributed by atoms with E-state index in [1.165, 1.54) is 17.0 Å². The molecule has 2 aromatic rings. The molecule has 4 rings (SSSR count). The molecule has 0 spiro atoms. The molecular formula is C26H31F3N2O3S. The highest BCUT2D eigenvalue weighted by Gasteiger charge is 2.51. The Balaban J connectivity index is 1.64. The number of hydrogen-bond donors (Lipinski definition) is 1. The van der Waals surface area contributed by atoms with E-state index in [0.29, 0.717) is 29.7 Å². The van der Waals surface area contributed by atoms with Crippen LogP contribution in [-0.4, -0.2) is 44.4 Å². The van der Waals surface area contributed by atoms with Crippen LogP contribution in [0.1, 0.15) is 51.2 Å². The molecule has 1 aliphatic carbocycles. The van der Waals surface area contributed by atoms with Crippen LogP contribution in [0.15, 0.2) is 36.4 Å². The predicted molar refractivity (Wildman–Crippen MR) is 130 cm³/mol. The number of nitrogens with one attached hydrogen (secondary N) is 1. The monoisotopic (exact) mass is 508 g/mol. The van der Waals surface area contributed by atoms with Gasteiger partial charge in [-0.1, -0.05) is 24.3 Å². The number of hydrogen-bond acceptors (Lipinski definition) is 3. The molecule has 190 valence electrons. The molecule has 1 saturated carbocycles. The average molecular weight is 509 g/mol. The predicted octanol–water partition coefficient (Wildman–Crippen LogP) is 5.57. The van der Waals surface area contributed by atoms with Crippen molar-refractivity contribution in [3.63, 3.8) is 0 Å². The lowest BCUT2D eigenvalue weighted by Crippen LogP contribution is -2.49. The van der Waals surface area contributed by atoms with Crippen LogP contribution in [0.5, 0.6) is 0 Å². The van der Waals surface area contributed by atoms with Gasteiger partial charge in [-0.05, 0) is 82.2 Å². The van der Waals surface area contributed by atoms with Gasteiger partial charge in [-0.25, -0.2) is 26.9 Å². The normalized spacial score (nSPS) is 22.2. The van der Waals surface area contributed by atoms with E-state index in [1.807, 2.05) is 0 Å². The van der Waals surface area contributed by atoms with Gasteiger partial charge in [0.25, 0.3) is 0 Å². The van der Waals surface area contributed by atoms with Gasteiger partial charge in [-0.3, -0.25) is 0 Å². The number of carbonyl (C=O) groups is 1. The molecular weight excluding hydrogens is 477 g/mol. The van der Waals surface area contributed by atoms with E-state index in [0.717, 1.165) is 0 Å². The van der Waals surface area contributed by atoms with Crippen LogP contribution in [0.4, 0.5) is 18.0 Å². The molecule has 5 nitrogen and oxygen atoms in total. The molecule has 1 heterocycles. The van der Waals surface area contributed by atoms with E-state index in [-0.39, 0.29) is 24.8 Å². The second-order valence-electron chi connectivity index (χ2n) is 10.4. The lowest BCUT2D eigenvalue weighted by Gasteiger charge is -2.31. The molecule has 1 aliphatic heterocycles. The Labute approximate surface area is 206 Å². The highest BCUT2D eigenvalue weighted by atomic mass is 32.2. The number of halogens is 3. The zero-order valence-corrected chi connectivity index (χ0v) is 21.2. The molecule has 2 aromatic carbocycles. The third-order valence-electron chi connectivity index (χ3n) is 6.27. The summed E-state index contributed by atoms with van der Waals surface area (Å²) in [6, 6.07) is 8.13. The second kappa shape index (κ2) is 9.58. The Hall–Kier alpha value is -2.39. The third kappa shape index (κ3) is 5.89. The highest BCUT2D eigenvalue weighted by Crippen LogP contribution is 2.43. The van der Waals surface area contributed by atoms with E-state index < -0.39 is 51.4 Å². The number of nitrogens with zero attached hydrogens (tertiary/aromatic N) is 1. The van der Waals surface area contributed by atoms with Crippen molar-refractivity contribution in [2.24, 2.45) is 0 Å². The average Bonchev–Trinajstić information content (AvgIpc) is 3.38. The number of carbonyl (C=O) groups excluding carboxylic acids is 1. The first-order valence-electron chi connectivity index (χ1n) is 11.8. The third-order valence-corrected chi connectivity index (χ3v) is 7.86. The molecule has 9 heteroatoms. The quantitative estimate of drug-likeness (QED) is 0.555. The Morgan fingerprint density at radius 3 is 2.57 bits per heavy atom. The summed E-state index contributed by atoms with van der Waals surface area (Å²) in [6.07, 6.45) is 0.418. The maximum absolute atomic E-state index is 15.7. The van der Waals surface area contributed by atoms with E-state index in [1.54, 1.807) is 52.0 Å². The summed E-state index contributed by atoms with van der Waals surface area (Å²) in [5, 5.41) is -1.75. The van der Waals surface area contributed by atoms with Gasteiger partial charge >= 0.3 is 6.09 Å². The van der Waals surface area contributed by atoms with Crippen molar-refractivity contribution >= 4 is 17.1 Å². The van der Waals surface area contributed by atoms with Crippen molar-refractivity contribution in [2.75, 3.05) is 6.54 Å². The SMILES string of the molecule is Cc1cc(F)cc(-c2cccc(C[C@H]3[C@@H](NS(=O)C4(F)CC4)CCN3C(=O)OC(C)(C)C)c2F)c1. The molecule has 1 unspecified atom stereocenters. The van der Waals surface area contributed by atoms with Crippen molar-refractivity contribution in [1.29, 1.82) is 0 Å². The summed E-state index contributed by atoms with van der Waals surface area (Å²) in [4.78, 5) is 14.4. The van der Waals surface area contributed by atoms with Gasteiger partial charge in [0.15, 0.2) is 5.00 Å². The Morgan fingerprint density at radius 2 is 1.94 bits per heavy atom. The van der Waals surface area contributed by atoms with Crippen LogP contribution in [0.2, 0.25) is 0 Å². The van der Waals surface area contributed by atoms with Gasteiger partial charge in [-0.15, -0.1) is 0 Å². The molecule has 0 aromatic heterocycles. The Bertz CT molecular complexity index is 1130. The topological polar surface area (TPSA) is 58.6 Å². The van der Waals surface area contributed by atoms with Gasteiger partial charge in [0.1, 0.15) is 28.2 Å². The lowest BCUT2D eigenvalue weighted by molar-refractivity contribution is 0.0218. The standard InChI is InChI=1S/C26H31F3N2O3S/c1-16-12-18(14-19(27)13-16)20-7-5-6-17(23(20)28)15-22-21(30-35(33)26(29)9-10-26)8-11-31(22)24(32)34-25(2,3)4/h5-7,12-14,21-22,30H,8-11,15H2,1-4H3/t21-,22-,35?/m0/s1. The maximum atomic E-state index is 15.7. The van der Waals surface area contributed by atoms with Gasteiger partial charge in [0.2, 0.25) is 0 Å². The van der Waals surface area contributed by atoms with Crippen molar-refractivity contribution in [1.82, 2.24) is 9.62 Å². The fourth-order valence-corrected chi connectivity index (χ4v) is 5.63. The summed E-state index contributed by atoms with van der Waals surface area (Å²) in [5.41, 5.74) is 0.933. The molecule has 2 fully saturated rings. The number of alkyl halides is 1. The smallest absolute Gasteiger partial charge is 0.410 e. The largest absolute Gasteiger partial charge is 0.444 e.